The number of hydrogen-bond acceptors (Lipinski definition) is 6. The zero-order valence-electron chi connectivity index (χ0n) is 14.1. The Hall–Kier alpha value is -2.90. The molecule has 8 heteroatoms. The molecule has 0 aliphatic carbocycles. The summed E-state index contributed by atoms with van der Waals surface area (Å²) in [4.78, 5) is 37.5. The number of carbonyl (C=O) groups excluding carboxylic acids is 3. The Morgan fingerprint density at radius 2 is 2.04 bits per heavy atom. The average molecular weight is 388 g/mol. The van der Waals surface area contributed by atoms with Crippen LogP contribution in [0.2, 0.25) is 5.02 Å². The van der Waals surface area contributed by atoms with E-state index >= 15 is 0 Å². The van der Waals surface area contributed by atoms with E-state index in [1.165, 1.54) is 0 Å². The largest absolute Gasteiger partial charge is 0.467 e. The predicted molar refractivity (Wildman–Crippen MR) is 94.7 cm³/mol. The third kappa shape index (κ3) is 3.27. The highest BCUT2D eigenvalue weighted by Gasteiger charge is 2.36. The SMILES string of the molecule is O=C(CN1C(=O)C(=O)c2ccccc21)OCc1cc(Cl)cc2c1OCOC2. The zero-order chi connectivity index (χ0) is 19.0. The van der Waals surface area contributed by atoms with E-state index in [2.05, 4.69) is 0 Å². The minimum absolute atomic E-state index is 0.0701. The minimum Gasteiger partial charge on any atom is -0.467 e. The highest BCUT2D eigenvalue weighted by molar-refractivity contribution is 6.52. The topological polar surface area (TPSA) is 82.1 Å². The van der Waals surface area contributed by atoms with Gasteiger partial charge in [0.2, 0.25) is 0 Å². The average Bonchev–Trinajstić information content (AvgIpc) is 2.91. The lowest BCUT2D eigenvalue weighted by Gasteiger charge is -2.21. The summed E-state index contributed by atoms with van der Waals surface area (Å²) >= 11 is 6.08. The molecule has 0 aromatic heterocycles. The maximum absolute atomic E-state index is 12.3. The van der Waals surface area contributed by atoms with E-state index < -0.39 is 17.7 Å². The van der Waals surface area contributed by atoms with Gasteiger partial charge in [-0.1, -0.05) is 23.7 Å². The summed E-state index contributed by atoms with van der Waals surface area (Å²) in [5.41, 5.74) is 2.07. The molecule has 0 N–H and O–H groups in total. The number of rotatable bonds is 4. The van der Waals surface area contributed by atoms with Crippen molar-refractivity contribution in [3.63, 3.8) is 0 Å². The Morgan fingerprint density at radius 3 is 2.89 bits per heavy atom. The summed E-state index contributed by atoms with van der Waals surface area (Å²) in [6, 6.07) is 9.91. The lowest BCUT2D eigenvalue weighted by Crippen LogP contribution is -2.35. The van der Waals surface area contributed by atoms with Crippen molar-refractivity contribution in [3.05, 3.63) is 58.1 Å². The van der Waals surface area contributed by atoms with Crippen LogP contribution in [0.15, 0.2) is 36.4 Å². The molecule has 0 atom stereocenters. The lowest BCUT2D eigenvalue weighted by molar-refractivity contribution is -0.144. The van der Waals surface area contributed by atoms with Gasteiger partial charge in [-0.15, -0.1) is 0 Å². The first kappa shape index (κ1) is 17.5. The van der Waals surface area contributed by atoms with Crippen molar-refractivity contribution in [2.45, 2.75) is 13.2 Å². The minimum atomic E-state index is -0.742. The summed E-state index contributed by atoms with van der Waals surface area (Å²) in [7, 11) is 0. The van der Waals surface area contributed by atoms with Crippen LogP contribution in [0.4, 0.5) is 5.69 Å². The molecule has 0 spiro atoms. The molecular weight excluding hydrogens is 374 g/mol. The molecule has 2 aliphatic rings. The Bertz CT molecular complexity index is 957. The quantitative estimate of drug-likeness (QED) is 0.592. The molecule has 0 radical (unpaired) electrons. The molecule has 0 fully saturated rings. The number of fused-ring (bicyclic) bond motifs is 2. The zero-order valence-corrected chi connectivity index (χ0v) is 14.8. The first-order chi connectivity index (χ1) is 13.0. The second-order valence-corrected chi connectivity index (χ2v) is 6.50. The molecule has 0 saturated carbocycles. The van der Waals surface area contributed by atoms with Gasteiger partial charge in [-0.25, -0.2) is 0 Å². The summed E-state index contributed by atoms with van der Waals surface area (Å²) in [5.74, 6) is -1.44. The van der Waals surface area contributed by atoms with Gasteiger partial charge in [-0.2, -0.15) is 0 Å². The molecular formula is C19H14ClNO6. The Balaban J connectivity index is 1.46. The number of halogens is 1. The van der Waals surface area contributed by atoms with Crippen molar-refractivity contribution >= 4 is 34.9 Å². The van der Waals surface area contributed by atoms with Gasteiger partial charge in [0.05, 0.1) is 17.9 Å². The van der Waals surface area contributed by atoms with Crippen molar-refractivity contribution in [2.75, 3.05) is 18.2 Å². The maximum Gasteiger partial charge on any atom is 0.326 e. The number of benzene rings is 2. The second kappa shape index (κ2) is 7.02. The fraction of sp³-hybridized carbons (Fsp3) is 0.211. The number of Topliss-reactive ketones (excluding diaryl/α,β-unsaturated/α-hetero) is 1. The number of nitrogens with zero attached hydrogens (tertiary/aromatic N) is 1. The predicted octanol–water partition coefficient (Wildman–Crippen LogP) is 2.48. The van der Waals surface area contributed by atoms with E-state index in [0.717, 1.165) is 10.5 Å². The fourth-order valence-electron chi connectivity index (χ4n) is 3.10. The molecule has 2 aromatic rings. The molecule has 0 unspecified atom stereocenters. The van der Waals surface area contributed by atoms with Gasteiger partial charge in [0.15, 0.2) is 6.79 Å². The van der Waals surface area contributed by atoms with Crippen LogP contribution in [0.1, 0.15) is 21.5 Å². The van der Waals surface area contributed by atoms with Crippen molar-refractivity contribution in [2.24, 2.45) is 0 Å². The van der Waals surface area contributed by atoms with Crippen LogP contribution < -0.4 is 9.64 Å². The number of anilines is 1. The third-order valence-electron chi connectivity index (χ3n) is 4.31. The smallest absolute Gasteiger partial charge is 0.326 e. The second-order valence-electron chi connectivity index (χ2n) is 6.06. The van der Waals surface area contributed by atoms with Crippen LogP contribution in [-0.4, -0.2) is 31.0 Å². The van der Waals surface area contributed by atoms with Crippen LogP contribution in [0.3, 0.4) is 0 Å². The molecule has 138 valence electrons. The van der Waals surface area contributed by atoms with E-state index in [9.17, 15) is 14.4 Å². The Labute approximate surface area is 159 Å². The molecule has 27 heavy (non-hydrogen) atoms. The standard InChI is InChI=1S/C19H14ClNO6/c20-13-5-11-8-25-10-27-18(11)12(6-13)9-26-16(22)7-21-15-4-2-1-3-14(15)17(23)19(21)24/h1-6H,7-10H2. The van der Waals surface area contributed by atoms with E-state index in [1.807, 2.05) is 0 Å². The van der Waals surface area contributed by atoms with Gasteiger partial charge < -0.3 is 14.2 Å². The van der Waals surface area contributed by atoms with Gasteiger partial charge in [0.1, 0.15) is 18.9 Å². The molecule has 0 saturated heterocycles. The van der Waals surface area contributed by atoms with Gasteiger partial charge >= 0.3 is 5.97 Å². The van der Waals surface area contributed by atoms with E-state index in [4.69, 9.17) is 25.8 Å². The van der Waals surface area contributed by atoms with Crippen LogP contribution >= 0.6 is 11.6 Å². The number of hydrogen-bond donors (Lipinski definition) is 0. The number of carbonyl (C=O) groups is 3. The third-order valence-corrected chi connectivity index (χ3v) is 4.52. The molecule has 0 bridgehead atoms. The van der Waals surface area contributed by atoms with Crippen LogP contribution in [0.5, 0.6) is 5.75 Å². The first-order valence-electron chi connectivity index (χ1n) is 8.17. The first-order valence-corrected chi connectivity index (χ1v) is 8.55. The number of amides is 1. The number of ether oxygens (including phenoxy) is 3. The monoisotopic (exact) mass is 387 g/mol. The number of esters is 1. The van der Waals surface area contributed by atoms with E-state index in [0.29, 0.717) is 28.6 Å². The Kier molecular flexibility index (Phi) is 4.55. The van der Waals surface area contributed by atoms with Crippen molar-refractivity contribution in [1.82, 2.24) is 0 Å². The molecule has 7 nitrogen and oxygen atoms in total. The fourth-order valence-corrected chi connectivity index (χ4v) is 3.37. The van der Waals surface area contributed by atoms with Crippen molar-refractivity contribution in [1.29, 1.82) is 0 Å². The summed E-state index contributed by atoms with van der Waals surface area (Å²) in [6.07, 6.45) is 0. The highest BCUT2D eigenvalue weighted by atomic mass is 35.5. The van der Waals surface area contributed by atoms with E-state index in [-0.39, 0.29) is 25.5 Å². The van der Waals surface area contributed by atoms with Gasteiger partial charge in [0, 0.05) is 16.1 Å². The summed E-state index contributed by atoms with van der Waals surface area (Å²) < 4.78 is 16.0. The molecule has 2 aliphatic heterocycles. The lowest BCUT2D eigenvalue weighted by atomic mass is 10.1. The Morgan fingerprint density at radius 1 is 1.22 bits per heavy atom. The van der Waals surface area contributed by atoms with Crippen LogP contribution in [-0.2, 0) is 32.3 Å². The number of ketones is 1. The van der Waals surface area contributed by atoms with Gasteiger partial charge in [-0.05, 0) is 24.3 Å². The molecule has 4 rings (SSSR count). The summed E-state index contributed by atoms with van der Waals surface area (Å²) in [6.45, 7) is 0.0441. The van der Waals surface area contributed by atoms with Crippen molar-refractivity contribution in [3.8, 4) is 5.75 Å². The molecule has 1 amide bonds. The maximum atomic E-state index is 12.3. The van der Waals surface area contributed by atoms with E-state index in [1.54, 1.807) is 36.4 Å². The molecule has 2 heterocycles. The van der Waals surface area contributed by atoms with Gasteiger partial charge in [0.25, 0.3) is 11.7 Å². The van der Waals surface area contributed by atoms with Crippen LogP contribution in [0.25, 0.3) is 0 Å². The van der Waals surface area contributed by atoms with Crippen LogP contribution in [0, 0.1) is 0 Å². The van der Waals surface area contributed by atoms with Gasteiger partial charge in [-0.3, -0.25) is 19.3 Å². The number of para-hydroxylation sites is 1. The van der Waals surface area contributed by atoms with Crippen molar-refractivity contribution < 1.29 is 28.6 Å². The molecule has 2 aromatic carbocycles. The highest BCUT2D eigenvalue weighted by Crippen LogP contribution is 2.32. The summed E-state index contributed by atoms with van der Waals surface area (Å²) in [5, 5.41) is 0.475. The normalized spacial score (nSPS) is 15.2.